The summed E-state index contributed by atoms with van der Waals surface area (Å²) in [6.07, 6.45) is 2.91. The number of nitrogens with one attached hydrogen (secondary N) is 1. The molecule has 0 aliphatic carbocycles. The van der Waals surface area contributed by atoms with E-state index in [1.165, 1.54) is 19.5 Å². The Morgan fingerprint density at radius 2 is 2.33 bits per heavy atom. The molecule has 2 aromatic heterocycles. The second-order valence-electron chi connectivity index (χ2n) is 3.62. The van der Waals surface area contributed by atoms with Gasteiger partial charge in [0.15, 0.2) is 0 Å². The molecule has 0 aliphatic rings. The topological polar surface area (TPSA) is 72.4 Å². The Morgan fingerprint density at radius 3 is 3.00 bits per heavy atom. The minimum atomic E-state index is -0.384. The smallest absolute Gasteiger partial charge is 0.287 e. The quantitative estimate of drug-likeness (QED) is 0.679. The fourth-order valence-electron chi connectivity index (χ4n) is 1.28. The van der Waals surface area contributed by atoms with Crippen molar-refractivity contribution in [2.75, 3.05) is 5.43 Å². The van der Waals surface area contributed by atoms with Crippen LogP contribution in [0, 0.1) is 6.92 Å². The maximum atomic E-state index is 11.5. The first-order chi connectivity index (χ1) is 8.58. The fraction of sp³-hybridized carbons (Fsp3) is 0.182. The zero-order valence-electron chi connectivity index (χ0n) is 9.85. The van der Waals surface area contributed by atoms with Gasteiger partial charge in [-0.25, -0.2) is 4.68 Å². The molecular weight excluding hydrogens is 256 g/mol. The van der Waals surface area contributed by atoms with Crippen LogP contribution in [0.4, 0.5) is 5.69 Å². The van der Waals surface area contributed by atoms with E-state index in [-0.39, 0.29) is 10.6 Å². The van der Waals surface area contributed by atoms with E-state index < -0.39 is 0 Å². The van der Waals surface area contributed by atoms with E-state index in [0.717, 1.165) is 10.4 Å². The van der Waals surface area contributed by atoms with Gasteiger partial charge in [0, 0.05) is 7.05 Å². The molecule has 18 heavy (non-hydrogen) atoms. The van der Waals surface area contributed by atoms with Crippen molar-refractivity contribution in [2.24, 2.45) is 12.1 Å². The molecule has 0 unspecified atom stereocenters. The Hall–Kier alpha value is -2.08. The summed E-state index contributed by atoms with van der Waals surface area (Å²) in [6.45, 7) is 1.84. The molecule has 0 aliphatic heterocycles. The third kappa shape index (κ3) is 2.60. The first-order valence-corrected chi connectivity index (χ1v) is 5.53. The first kappa shape index (κ1) is 12.4. The Labute approximate surface area is 108 Å². The first-order valence-electron chi connectivity index (χ1n) is 5.15. The second kappa shape index (κ2) is 5.05. The SMILES string of the molecule is Cc1ccc(/C=N\Nc2cnn(C)c(=O)c2Cl)o1. The highest BCUT2D eigenvalue weighted by Crippen LogP contribution is 2.14. The largest absolute Gasteiger partial charge is 0.460 e. The zero-order chi connectivity index (χ0) is 13.1. The molecule has 0 saturated carbocycles. The molecule has 0 saturated heterocycles. The molecule has 0 bridgehead atoms. The molecule has 6 nitrogen and oxygen atoms in total. The number of anilines is 1. The molecule has 0 spiro atoms. The van der Waals surface area contributed by atoms with Gasteiger partial charge in [-0.1, -0.05) is 11.6 Å². The molecule has 0 fully saturated rings. The van der Waals surface area contributed by atoms with Crippen LogP contribution in [-0.4, -0.2) is 16.0 Å². The lowest BCUT2D eigenvalue weighted by molar-refractivity contribution is 0.528. The average molecular weight is 267 g/mol. The predicted octanol–water partition coefficient (Wildman–Crippen LogP) is 1.78. The number of nitrogens with zero attached hydrogens (tertiary/aromatic N) is 3. The van der Waals surface area contributed by atoms with E-state index in [0.29, 0.717) is 11.4 Å². The van der Waals surface area contributed by atoms with Gasteiger partial charge in [-0.2, -0.15) is 10.2 Å². The van der Waals surface area contributed by atoms with Gasteiger partial charge in [-0.3, -0.25) is 10.2 Å². The standard InChI is InChI=1S/C11H11ClN4O2/c1-7-3-4-8(18-7)5-13-15-9-6-14-16(2)11(17)10(9)12/h3-6,15H,1-2H3/b13-5-. The van der Waals surface area contributed by atoms with Crippen molar-refractivity contribution >= 4 is 23.5 Å². The highest BCUT2D eigenvalue weighted by molar-refractivity contribution is 6.32. The number of hydrogen-bond acceptors (Lipinski definition) is 5. The average Bonchev–Trinajstić information content (AvgIpc) is 2.75. The predicted molar refractivity (Wildman–Crippen MR) is 69.1 cm³/mol. The maximum absolute atomic E-state index is 11.5. The molecule has 1 N–H and O–H groups in total. The molecule has 2 heterocycles. The van der Waals surface area contributed by atoms with E-state index in [1.54, 1.807) is 6.07 Å². The van der Waals surface area contributed by atoms with Crippen molar-refractivity contribution in [2.45, 2.75) is 6.92 Å². The highest BCUT2D eigenvalue weighted by Gasteiger charge is 2.05. The van der Waals surface area contributed by atoms with Crippen molar-refractivity contribution < 1.29 is 4.42 Å². The molecule has 0 radical (unpaired) electrons. The van der Waals surface area contributed by atoms with Crippen molar-refractivity contribution in [1.82, 2.24) is 9.78 Å². The van der Waals surface area contributed by atoms with E-state index in [1.807, 2.05) is 13.0 Å². The molecular formula is C11H11ClN4O2. The van der Waals surface area contributed by atoms with Gasteiger partial charge in [-0.15, -0.1) is 0 Å². The lowest BCUT2D eigenvalue weighted by atomic mass is 10.4. The Kier molecular flexibility index (Phi) is 3.47. The van der Waals surface area contributed by atoms with Gasteiger partial charge in [0.1, 0.15) is 22.2 Å². The molecule has 7 heteroatoms. The summed E-state index contributed by atoms with van der Waals surface area (Å²) in [4.78, 5) is 11.5. The zero-order valence-corrected chi connectivity index (χ0v) is 10.6. The van der Waals surface area contributed by atoms with Crippen LogP contribution in [-0.2, 0) is 7.05 Å². The van der Waals surface area contributed by atoms with Crippen molar-refractivity contribution in [3.8, 4) is 0 Å². The number of aryl methyl sites for hydroxylation is 2. The Bertz CT molecular complexity index is 645. The minimum Gasteiger partial charge on any atom is -0.460 e. The summed E-state index contributed by atoms with van der Waals surface area (Å²) in [6, 6.07) is 3.61. The third-order valence-corrected chi connectivity index (χ3v) is 2.58. The third-order valence-electron chi connectivity index (χ3n) is 2.22. The van der Waals surface area contributed by atoms with Crippen molar-refractivity contribution in [3.05, 3.63) is 45.2 Å². The van der Waals surface area contributed by atoms with Crippen LogP contribution in [0.25, 0.3) is 0 Å². The fourth-order valence-corrected chi connectivity index (χ4v) is 1.49. The second-order valence-corrected chi connectivity index (χ2v) is 4.00. The molecule has 2 aromatic rings. The van der Waals surface area contributed by atoms with Gasteiger partial charge in [-0.05, 0) is 19.1 Å². The molecule has 0 aromatic carbocycles. The molecule has 2 rings (SSSR count). The van der Waals surface area contributed by atoms with Gasteiger partial charge < -0.3 is 4.42 Å². The Balaban J connectivity index is 2.14. The molecule has 0 amide bonds. The summed E-state index contributed by atoms with van der Waals surface area (Å²) in [5.74, 6) is 1.40. The van der Waals surface area contributed by atoms with Crippen LogP contribution >= 0.6 is 11.6 Å². The number of aromatic nitrogens is 2. The Morgan fingerprint density at radius 1 is 1.56 bits per heavy atom. The monoisotopic (exact) mass is 266 g/mol. The van der Waals surface area contributed by atoms with Crippen molar-refractivity contribution in [1.29, 1.82) is 0 Å². The lowest BCUT2D eigenvalue weighted by Gasteiger charge is -2.02. The van der Waals surface area contributed by atoms with E-state index in [2.05, 4.69) is 15.6 Å². The normalized spacial score (nSPS) is 11.1. The summed E-state index contributed by atoms with van der Waals surface area (Å²) < 4.78 is 6.44. The highest BCUT2D eigenvalue weighted by atomic mass is 35.5. The van der Waals surface area contributed by atoms with Crippen LogP contribution in [0.5, 0.6) is 0 Å². The van der Waals surface area contributed by atoms with Crippen LogP contribution in [0.2, 0.25) is 5.02 Å². The van der Waals surface area contributed by atoms with Crippen LogP contribution in [0.1, 0.15) is 11.5 Å². The van der Waals surface area contributed by atoms with Gasteiger partial charge >= 0.3 is 0 Å². The number of halogens is 1. The van der Waals surface area contributed by atoms with Gasteiger partial charge in [0.25, 0.3) is 5.56 Å². The number of furan rings is 1. The number of hydrazone groups is 1. The number of rotatable bonds is 3. The van der Waals surface area contributed by atoms with Crippen molar-refractivity contribution in [3.63, 3.8) is 0 Å². The number of hydrogen-bond donors (Lipinski definition) is 1. The summed E-state index contributed by atoms with van der Waals surface area (Å²) in [5.41, 5.74) is 2.60. The summed E-state index contributed by atoms with van der Waals surface area (Å²) in [7, 11) is 1.52. The molecule has 94 valence electrons. The lowest BCUT2D eigenvalue weighted by Crippen LogP contribution is -2.20. The van der Waals surface area contributed by atoms with Crippen LogP contribution < -0.4 is 11.0 Å². The van der Waals surface area contributed by atoms with Crippen LogP contribution in [0.15, 0.2) is 32.6 Å². The van der Waals surface area contributed by atoms with Gasteiger partial charge in [0.05, 0.1) is 12.4 Å². The van der Waals surface area contributed by atoms with E-state index >= 15 is 0 Å². The minimum absolute atomic E-state index is 0.0419. The van der Waals surface area contributed by atoms with Gasteiger partial charge in [0.2, 0.25) is 0 Å². The maximum Gasteiger partial charge on any atom is 0.287 e. The summed E-state index contributed by atoms with van der Waals surface area (Å²) in [5, 5.41) is 7.79. The van der Waals surface area contributed by atoms with E-state index in [4.69, 9.17) is 16.0 Å². The van der Waals surface area contributed by atoms with Crippen LogP contribution in [0.3, 0.4) is 0 Å². The molecule has 0 atom stereocenters. The summed E-state index contributed by atoms with van der Waals surface area (Å²) >= 11 is 5.85. The van der Waals surface area contributed by atoms with E-state index in [9.17, 15) is 4.79 Å².